The number of esters is 3. The number of allylic oxidation sites excluding steroid dienone is 2. The summed E-state index contributed by atoms with van der Waals surface area (Å²) in [5, 5.41) is 0. The number of aryl methyl sites for hydroxylation is 1. The number of aromatic amines is 2. The molecule has 0 aliphatic carbocycles. The maximum Gasteiger partial charge on any atom is 0.355 e. The fourth-order valence-corrected chi connectivity index (χ4v) is 6.04. The largest absolute Gasteiger partial charge is 0.469 e. The van der Waals surface area contributed by atoms with Crippen molar-refractivity contribution in [3.63, 3.8) is 0 Å². The molecule has 0 bridgehead atoms. The van der Waals surface area contributed by atoms with Crippen LogP contribution in [0.2, 0.25) is 0 Å². The van der Waals surface area contributed by atoms with Crippen molar-refractivity contribution < 1.29 is 28.6 Å². The Bertz CT molecular complexity index is 1700. The number of halogens is 2. The van der Waals surface area contributed by atoms with Gasteiger partial charge >= 0.3 is 17.9 Å². The molecule has 3 aromatic rings. The summed E-state index contributed by atoms with van der Waals surface area (Å²) in [7, 11) is 2.77. The zero-order valence-electron chi connectivity index (χ0n) is 27.8. The summed E-state index contributed by atoms with van der Waals surface area (Å²) in [4.78, 5) is 48.9. The van der Waals surface area contributed by atoms with Crippen molar-refractivity contribution in [3.05, 3.63) is 97.8 Å². The van der Waals surface area contributed by atoms with E-state index < -0.39 is 5.97 Å². The number of nitrogens with zero attached hydrogens (tertiary/aromatic N) is 1. The van der Waals surface area contributed by atoms with Gasteiger partial charge in [-0.05, 0) is 92.0 Å². The SMILES string of the molecule is Br.COC(=O)CCC1=C(C)C(Cc2[nH]c(C(=O)OCc3ccccc3)c(C)c2CCCl)=N/C1=C\c1[nH]c(C)c(CCC(=O)OC)c1C. The molecule has 4 rings (SSSR count). The van der Waals surface area contributed by atoms with Crippen LogP contribution in [0.4, 0.5) is 0 Å². The Kier molecular flexibility index (Phi) is 13.8. The average molecular weight is 729 g/mol. The molecule has 0 saturated carbocycles. The lowest BCUT2D eigenvalue weighted by Crippen LogP contribution is -2.08. The zero-order chi connectivity index (χ0) is 33.4. The lowest BCUT2D eigenvalue weighted by Gasteiger charge is -2.07. The monoisotopic (exact) mass is 727 g/mol. The van der Waals surface area contributed by atoms with Gasteiger partial charge in [-0.25, -0.2) is 4.79 Å². The Morgan fingerprint density at radius 2 is 1.53 bits per heavy atom. The van der Waals surface area contributed by atoms with E-state index in [1.165, 1.54) is 14.2 Å². The molecule has 0 fully saturated rings. The Labute approximate surface area is 291 Å². The Morgan fingerprint density at radius 3 is 2.17 bits per heavy atom. The van der Waals surface area contributed by atoms with Crippen LogP contribution >= 0.6 is 28.6 Å². The lowest BCUT2D eigenvalue weighted by atomic mass is 9.97. The first-order valence-electron chi connectivity index (χ1n) is 15.4. The van der Waals surface area contributed by atoms with Crippen molar-refractivity contribution in [2.45, 2.75) is 72.8 Å². The number of carbonyl (C=O) groups excluding carboxylic acids is 3. The van der Waals surface area contributed by atoms with Crippen molar-refractivity contribution in [2.24, 2.45) is 4.99 Å². The van der Waals surface area contributed by atoms with Crippen LogP contribution in [0.3, 0.4) is 0 Å². The van der Waals surface area contributed by atoms with Gasteiger partial charge in [0.1, 0.15) is 12.3 Å². The maximum atomic E-state index is 13.1. The van der Waals surface area contributed by atoms with Crippen molar-refractivity contribution in [3.8, 4) is 0 Å². The maximum absolute atomic E-state index is 13.1. The van der Waals surface area contributed by atoms with E-state index in [1.54, 1.807) is 0 Å². The number of aliphatic imine (C=N–C) groups is 1. The van der Waals surface area contributed by atoms with E-state index in [0.717, 1.165) is 67.5 Å². The number of benzene rings is 1. The predicted octanol–water partition coefficient (Wildman–Crippen LogP) is 7.40. The van der Waals surface area contributed by atoms with Crippen LogP contribution in [-0.4, -0.2) is 53.7 Å². The fourth-order valence-electron chi connectivity index (χ4n) is 5.85. The third-order valence-electron chi connectivity index (χ3n) is 8.55. The van der Waals surface area contributed by atoms with Crippen molar-refractivity contribution in [2.75, 3.05) is 20.1 Å². The van der Waals surface area contributed by atoms with Gasteiger partial charge in [-0.3, -0.25) is 14.6 Å². The van der Waals surface area contributed by atoms with Gasteiger partial charge in [0, 0.05) is 42.2 Å². The van der Waals surface area contributed by atoms with E-state index in [1.807, 2.05) is 64.1 Å². The number of hydrogen-bond donors (Lipinski definition) is 2. The van der Waals surface area contributed by atoms with Gasteiger partial charge < -0.3 is 24.2 Å². The highest BCUT2D eigenvalue weighted by molar-refractivity contribution is 8.93. The molecule has 1 aliphatic heterocycles. The minimum atomic E-state index is -0.427. The first-order chi connectivity index (χ1) is 22.1. The minimum absolute atomic E-state index is 0. The van der Waals surface area contributed by atoms with Gasteiger partial charge in [0.15, 0.2) is 0 Å². The Balaban J connectivity index is 0.00000600. The van der Waals surface area contributed by atoms with Crippen LogP contribution in [0.15, 0.2) is 52.2 Å². The molecule has 2 N–H and O–H groups in total. The van der Waals surface area contributed by atoms with E-state index in [-0.39, 0.29) is 41.9 Å². The van der Waals surface area contributed by atoms with Gasteiger partial charge in [0.05, 0.1) is 25.6 Å². The minimum Gasteiger partial charge on any atom is -0.469 e. The van der Waals surface area contributed by atoms with Gasteiger partial charge in [0.2, 0.25) is 0 Å². The normalized spacial score (nSPS) is 13.4. The highest BCUT2D eigenvalue weighted by Gasteiger charge is 2.26. The molecule has 0 saturated heterocycles. The number of rotatable bonds is 14. The predicted molar refractivity (Wildman–Crippen MR) is 190 cm³/mol. The first-order valence-corrected chi connectivity index (χ1v) is 15.9. The van der Waals surface area contributed by atoms with Crippen LogP contribution in [0.5, 0.6) is 0 Å². The Morgan fingerprint density at radius 1 is 0.872 bits per heavy atom. The summed E-state index contributed by atoms with van der Waals surface area (Å²) in [6.45, 7) is 8.09. The highest BCUT2D eigenvalue weighted by Crippen LogP contribution is 2.34. The first kappa shape index (κ1) is 37.6. The molecule has 0 spiro atoms. The number of nitrogens with one attached hydrogen (secondary N) is 2. The van der Waals surface area contributed by atoms with E-state index in [0.29, 0.717) is 43.7 Å². The third-order valence-corrected chi connectivity index (χ3v) is 8.74. The fraction of sp³-hybridized carbons (Fsp3) is 0.389. The number of carbonyl (C=O) groups is 3. The number of ether oxygens (including phenoxy) is 3. The molecular formula is C36H43BrClN3O6. The van der Waals surface area contributed by atoms with Crippen LogP contribution in [-0.2, 0) is 49.7 Å². The number of methoxy groups -OCH3 is 2. The summed E-state index contributed by atoms with van der Waals surface area (Å²) < 4.78 is 15.4. The number of aromatic nitrogens is 2. The number of H-pyrrole nitrogens is 2. The van der Waals surface area contributed by atoms with Crippen LogP contribution < -0.4 is 0 Å². The smallest absolute Gasteiger partial charge is 0.355 e. The van der Waals surface area contributed by atoms with Crippen molar-refractivity contribution in [1.29, 1.82) is 0 Å². The standard InChI is InChI=1S/C36H42ClN3O6.BrH/c1-21-26(12-14-33(41)44-5)24(4)38-29(21)18-31-27(13-15-34(42)45-6)22(2)30(39-31)19-32-28(16-17-37)23(3)35(40-32)36(43)46-20-25-10-8-7-9-11-25;/h7-11,18,38,40H,12-17,19-20H2,1-6H3;1H/b31-18-;. The summed E-state index contributed by atoms with van der Waals surface area (Å²) in [5.41, 5.74) is 11.4. The van der Waals surface area contributed by atoms with Gasteiger partial charge in [-0.2, -0.15) is 0 Å². The molecule has 1 aromatic carbocycles. The lowest BCUT2D eigenvalue weighted by molar-refractivity contribution is -0.141. The van der Waals surface area contributed by atoms with E-state index >= 15 is 0 Å². The van der Waals surface area contributed by atoms with Crippen LogP contribution in [0, 0.1) is 20.8 Å². The second-order valence-corrected chi connectivity index (χ2v) is 11.7. The summed E-state index contributed by atoms with van der Waals surface area (Å²) in [6.07, 6.45) is 4.55. The van der Waals surface area contributed by atoms with Crippen molar-refractivity contribution >= 4 is 58.3 Å². The zero-order valence-corrected chi connectivity index (χ0v) is 30.3. The molecule has 11 heteroatoms. The van der Waals surface area contributed by atoms with Gasteiger partial charge in [-0.1, -0.05) is 30.3 Å². The number of hydrogen-bond acceptors (Lipinski definition) is 7. The van der Waals surface area contributed by atoms with E-state index in [9.17, 15) is 14.4 Å². The molecule has 0 amide bonds. The molecule has 0 radical (unpaired) electrons. The van der Waals surface area contributed by atoms with Gasteiger partial charge in [0.25, 0.3) is 0 Å². The van der Waals surface area contributed by atoms with E-state index in [4.69, 9.17) is 30.8 Å². The molecule has 0 unspecified atom stereocenters. The summed E-state index contributed by atoms with van der Waals surface area (Å²) >= 11 is 6.20. The molecule has 9 nitrogen and oxygen atoms in total. The quantitative estimate of drug-likeness (QED) is 0.101. The van der Waals surface area contributed by atoms with E-state index in [2.05, 4.69) is 9.97 Å². The molecule has 3 heterocycles. The molecule has 2 aromatic heterocycles. The molecule has 0 atom stereocenters. The van der Waals surface area contributed by atoms with Crippen LogP contribution in [0.1, 0.15) is 81.6 Å². The third kappa shape index (κ3) is 9.14. The summed E-state index contributed by atoms with van der Waals surface area (Å²) in [5.74, 6) is -0.587. The second kappa shape index (κ2) is 17.3. The molecule has 47 heavy (non-hydrogen) atoms. The summed E-state index contributed by atoms with van der Waals surface area (Å²) in [6, 6.07) is 9.55. The highest BCUT2D eigenvalue weighted by atomic mass is 79.9. The molecular weight excluding hydrogens is 686 g/mol. The Hall–Kier alpha value is -3.89. The number of alkyl halides is 1. The van der Waals surface area contributed by atoms with Crippen molar-refractivity contribution in [1.82, 2.24) is 9.97 Å². The molecule has 252 valence electrons. The second-order valence-electron chi connectivity index (χ2n) is 11.4. The topological polar surface area (TPSA) is 123 Å². The average Bonchev–Trinajstić information content (AvgIpc) is 3.63. The van der Waals surface area contributed by atoms with Gasteiger partial charge in [-0.15, -0.1) is 28.6 Å². The van der Waals surface area contributed by atoms with Crippen LogP contribution in [0.25, 0.3) is 6.08 Å². The molecule has 1 aliphatic rings.